The van der Waals surface area contributed by atoms with Gasteiger partial charge in [-0.1, -0.05) is 11.6 Å². The minimum Gasteiger partial charge on any atom is -0.245 e. The van der Waals surface area contributed by atoms with Gasteiger partial charge in [-0.3, -0.25) is 0 Å². The van der Waals surface area contributed by atoms with Gasteiger partial charge in [0.05, 0.1) is 10.8 Å². The van der Waals surface area contributed by atoms with Crippen LogP contribution in [-0.2, 0) is 9.05 Å². The first-order valence-electron chi connectivity index (χ1n) is 3.74. The third-order valence-corrected chi connectivity index (χ3v) is 3.94. The van der Waals surface area contributed by atoms with E-state index in [-0.39, 0.29) is 21.6 Å². The van der Waals surface area contributed by atoms with Crippen molar-refractivity contribution in [2.24, 2.45) is 0 Å². The number of hydrogen-bond donors (Lipinski definition) is 0. The molecular weight excluding hydrogens is 284 g/mol. The minimum absolute atomic E-state index is 0.111. The molecule has 1 heterocycles. The summed E-state index contributed by atoms with van der Waals surface area (Å²) in [4.78, 5) is 3.72. The number of rotatable bonds is 4. The van der Waals surface area contributed by atoms with Crippen molar-refractivity contribution in [2.75, 3.05) is 11.5 Å². The Morgan fingerprint density at radius 3 is 2.73 bits per heavy atom. The first-order valence-corrected chi connectivity index (χ1v) is 7.59. The Labute approximate surface area is 100 Å². The van der Waals surface area contributed by atoms with Crippen molar-refractivity contribution in [1.29, 1.82) is 0 Å². The summed E-state index contributed by atoms with van der Waals surface area (Å²) in [6.45, 7) is 0. The fraction of sp³-hybridized carbons (Fsp3) is 0.286. The van der Waals surface area contributed by atoms with E-state index in [0.29, 0.717) is 0 Å². The zero-order valence-corrected chi connectivity index (χ0v) is 10.4. The molecule has 0 saturated carbocycles. The number of hydrogen-bond acceptors (Lipinski definition) is 4. The first kappa shape index (κ1) is 13.0. The lowest BCUT2D eigenvalue weighted by molar-refractivity contribution is 0.588. The van der Waals surface area contributed by atoms with Gasteiger partial charge < -0.3 is 0 Å². The quantitative estimate of drug-likeness (QED) is 0.631. The molecule has 0 aromatic carbocycles. The van der Waals surface area contributed by atoms with E-state index in [2.05, 4.69) is 4.98 Å². The smallest absolute Gasteiger partial charge is 0.233 e. The lowest BCUT2D eigenvalue weighted by Crippen LogP contribution is -2.00. The van der Waals surface area contributed by atoms with Crippen molar-refractivity contribution >= 4 is 43.1 Å². The second-order valence-corrected chi connectivity index (χ2v) is 6.95. The van der Waals surface area contributed by atoms with Gasteiger partial charge in [0.15, 0.2) is 5.82 Å². The third kappa shape index (κ3) is 5.01. The summed E-state index contributed by atoms with van der Waals surface area (Å²) in [6, 6.07) is 1.12. The highest BCUT2D eigenvalue weighted by Gasteiger charge is 2.09. The molecule has 0 N–H and O–H groups in total. The number of halogens is 3. The van der Waals surface area contributed by atoms with Crippen LogP contribution in [0.1, 0.15) is 0 Å². The fourth-order valence-electron chi connectivity index (χ4n) is 0.746. The van der Waals surface area contributed by atoms with Crippen LogP contribution < -0.4 is 0 Å². The van der Waals surface area contributed by atoms with Crippen molar-refractivity contribution in [2.45, 2.75) is 5.03 Å². The van der Waals surface area contributed by atoms with Gasteiger partial charge in [-0.15, -0.1) is 11.8 Å². The predicted octanol–water partition coefficient (Wildman–Crippen LogP) is 2.53. The van der Waals surface area contributed by atoms with Crippen molar-refractivity contribution in [3.05, 3.63) is 23.1 Å². The van der Waals surface area contributed by atoms with Gasteiger partial charge in [-0.05, 0) is 6.07 Å². The normalized spacial score (nSPS) is 11.7. The maximum absolute atomic E-state index is 13.1. The van der Waals surface area contributed by atoms with Crippen LogP contribution in [-0.4, -0.2) is 24.9 Å². The molecule has 0 amide bonds. The van der Waals surface area contributed by atoms with Crippen LogP contribution in [0.3, 0.4) is 0 Å². The van der Waals surface area contributed by atoms with E-state index in [1.54, 1.807) is 0 Å². The number of pyridine rings is 1. The molecule has 0 radical (unpaired) electrons. The molecule has 0 bridgehead atoms. The molecule has 8 heteroatoms. The Morgan fingerprint density at radius 2 is 2.20 bits per heavy atom. The van der Waals surface area contributed by atoms with Gasteiger partial charge in [-0.2, -0.15) is 0 Å². The zero-order valence-electron chi connectivity index (χ0n) is 7.28. The van der Waals surface area contributed by atoms with Crippen LogP contribution in [0.15, 0.2) is 17.3 Å². The summed E-state index contributed by atoms with van der Waals surface area (Å²) in [5, 5.41) is 0.307. The average Bonchev–Trinajstić information content (AvgIpc) is 2.07. The molecule has 0 atom stereocenters. The number of aromatic nitrogens is 1. The highest BCUT2D eigenvalue weighted by molar-refractivity contribution is 8.14. The highest BCUT2D eigenvalue weighted by Crippen LogP contribution is 2.21. The van der Waals surface area contributed by atoms with Crippen LogP contribution in [0.4, 0.5) is 4.39 Å². The Morgan fingerprint density at radius 1 is 1.53 bits per heavy atom. The molecule has 0 saturated heterocycles. The fourth-order valence-corrected chi connectivity index (χ4v) is 3.10. The van der Waals surface area contributed by atoms with Gasteiger partial charge in [-0.25, -0.2) is 17.8 Å². The van der Waals surface area contributed by atoms with Crippen LogP contribution in [0, 0.1) is 5.82 Å². The van der Waals surface area contributed by atoms with E-state index < -0.39 is 14.9 Å². The summed E-state index contributed by atoms with van der Waals surface area (Å²) in [6.07, 6.45) is 1.29. The molecule has 0 unspecified atom stereocenters. The summed E-state index contributed by atoms with van der Waals surface area (Å²) < 4.78 is 34.3. The molecule has 1 aromatic heterocycles. The molecular formula is C7H6Cl2FNO2S2. The lowest BCUT2D eigenvalue weighted by Gasteiger charge is -2.00. The third-order valence-electron chi connectivity index (χ3n) is 1.34. The van der Waals surface area contributed by atoms with Gasteiger partial charge in [0, 0.05) is 22.6 Å². The second-order valence-electron chi connectivity index (χ2n) is 2.53. The summed E-state index contributed by atoms with van der Waals surface area (Å²) in [5.74, 6) is -0.653. The van der Waals surface area contributed by atoms with Gasteiger partial charge >= 0.3 is 0 Å². The summed E-state index contributed by atoms with van der Waals surface area (Å²) in [7, 11) is 1.45. The Hall–Kier alpha value is -0.0400. The van der Waals surface area contributed by atoms with E-state index in [9.17, 15) is 12.8 Å². The van der Waals surface area contributed by atoms with Crippen molar-refractivity contribution in [3.63, 3.8) is 0 Å². The highest BCUT2D eigenvalue weighted by atomic mass is 35.7. The standard InChI is InChI=1S/C7H6Cl2FNO2S2/c8-5-3-6(10)7(11-4-5)14-1-2-15(9,12)13/h3-4H,1-2H2. The molecule has 0 aliphatic rings. The van der Waals surface area contributed by atoms with Gasteiger partial charge in [0.25, 0.3) is 0 Å². The summed E-state index contributed by atoms with van der Waals surface area (Å²) in [5.41, 5.74) is 0. The average molecular weight is 290 g/mol. The van der Waals surface area contributed by atoms with Crippen molar-refractivity contribution in [3.8, 4) is 0 Å². The van der Waals surface area contributed by atoms with E-state index in [1.165, 1.54) is 6.20 Å². The lowest BCUT2D eigenvalue weighted by atomic mass is 10.5. The zero-order chi connectivity index (χ0) is 11.5. The van der Waals surface area contributed by atoms with Crippen LogP contribution in [0.2, 0.25) is 5.02 Å². The number of nitrogens with zero attached hydrogens (tertiary/aromatic N) is 1. The Kier molecular flexibility index (Phi) is 4.64. The predicted molar refractivity (Wildman–Crippen MR) is 59.6 cm³/mol. The monoisotopic (exact) mass is 289 g/mol. The van der Waals surface area contributed by atoms with E-state index in [0.717, 1.165) is 17.8 Å². The molecule has 3 nitrogen and oxygen atoms in total. The van der Waals surface area contributed by atoms with Crippen LogP contribution in [0.25, 0.3) is 0 Å². The van der Waals surface area contributed by atoms with Gasteiger partial charge in [0.2, 0.25) is 9.05 Å². The summed E-state index contributed by atoms with van der Waals surface area (Å²) >= 11 is 6.47. The molecule has 0 aliphatic carbocycles. The molecule has 0 spiro atoms. The van der Waals surface area contributed by atoms with Crippen LogP contribution >= 0.6 is 34.0 Å². The van der Waals surface area contributed by atoms with E-state index in [4.69, 9.17) is 22.3 Å². The second kappa shape index (κ2) is 5.34. The van der Waals surface area contributed by atoms with E-state index in [1.807, 2.05) is 0 Å². The van der Waals surface area contributed by atoms with E-state index >= 15 is 0 Å². The first-order chi connectivity index (χ1) is 6.88. The Balaban J connectivity index is 2.59. The largest absolute Gasteiger partial charge is 0.245 e. The van der Waals surface area contributed by atoms with Crippen molar-refractivity contribution in [1.82, 2.24) is 4.98 Å². The molecule has 1 rings (SSSR count). The topological polar surface area (TPSA) is 47.0 Å². The molecule has 84 valence electrons. The van der Waals surface area contributed by atoms with Gasteiger partial charge in [0.1, 0.15) is 5.03 Å². The maximum Gasteiger partial charge on any atom is 0.233 e. The SMILES string of the molecule is O=S(=O)(Cl)CCSc1ncc(Cl)cc1F. The molecule has 15 heavy (non-hydrogen) atoms. The molecule has 1 aromatic rings. The number of thioether (sulfide) groups is 1. The Bertz CT molecular complexity index is 452. The molecule has 0 fully saturated rings. The minimum atomic E-state index is -3.54. The molecule has 0 aliphatic heterocycles. The van der Waals surface area contributed by atoms with Crippen molar-refractivity contribution < 1.29 is 12.8 Å². The maximum atomic E-state index is 13.1. The van der Waals surface area contributed by atoms with Crippen LogP contribution in [0.5, 0.6) is 0 Å².